The quantitative estimate of drug-likeness (QED) is 0.555. The van der Waals surface area contributed by atoms with E-state index in [4.69, 9.17) is 11.6 Å². The summed E-state index contributed by atoms with van der Waals surface area (Å²) in [4.78, 5) is 23.0. The number of hydrogen-bond acceptors (Lipinski definition) is 5. The number of hydrogen-bond donors (Lipinski definition) is 1. The Morgan fingerprint density at radius 1 is 1.25 bits per heavy atom. The first-order valence-corrected chi connectivity index (χ1v) is 11.9. The lowest BCUT2D eigenvalue weighted by molar-refractivity contribution is 0.0950. The molecule has 0 aliphatic carbocycles. The van der Waals surface area contributed by atoms with Crippen molar-refractivity contribution in [3.63, 3.8) is 0 Å². The molecule has 32 heavy (non-hydrogen) atoms. The van der Waals surface area contributed by atoms with Gasteiger partial charge in [0, 0.05) is 42.8 Å². The number of nitrogens with one attached hydrogen (secondary N) is 1. The number of amides is 1. The molecule has 1 N–H and O–H groups in total. The normalized spacial score (nSPS) is 16.9. The molecule has 1 atom stereocenters. The van der Waals surface area contributed by atoms with Crippen molar-refractivity contribution in [1.29, 1.82) is 0 Å². The summed E-state index contributed by atoms with van der Waals surface area (Å²) in [5.41, 5.74) is 4.31. The van der Waals surface area contributed by atoms with Crippen LogP contribution in [0.25, 0.3) is 0 Å². The van der Waals surface area contributed by atoms with Gasteiger partial charge in [0.05, 0.1) is 16.9 Å². The van der Waals surface area contributed by atoms with Crippen LogP contribution >= 0.6 is 22.9 Å². The summed E-state index contributed by atoms with van der Waals surface area (Å²) in [6.45, 7) is 7.86. The molecule has 1 amide bonds. The molecule has 2 aromatic carbocycles. The van der Waals surface area contributed by atoms with Crippen LogP contribution < -0.4 is 10.2 Å². The lowest BCUT2D eigenvalue weighted by Gasteiger charge is -2.40. The number of aromatic nitrogens is 1. The third kappa shape index (κ3) is 5.11. The topological polar surface area (TPSA) is 48.5 Å². The van der Waals surface area contributed by atoms with Gasteiger partial charge in [-0.25, -0.2) is 9.37 Å². The molecule has 1 aromatic heterocycles. The Kier molecular flexibility index (Phi) is 7.08. The van der Waals surface area contributed by atoms with Crippen LogP contribution in [0.15, 0.2) is 48.0 Å². The summed E-state index contributed by atoms with van der Waals surface area (Å²) in [6.07, 6.45) is 0. The first-order valence-electron chi connectivity index (χ1n) is 10.6. The van der Waals surface area contributed by atoms with Gasteiger partial charge >= 0.3 is 0 Å². The number of thiazole rings is 1. The second kappa shape index (κ2) is 9.98. The van der Waals surface area contributed by atoms with Gasteiger partial charge in [-0.2, -0.15) is 0 Å². The zero-order chi connectivity index (χ0) is 22.7. The van der Waals surface area contributed by atoms with E-state index in [0.29, 0.717) is 23.2 Å². The Morgan fingerprint density at radius 2 is 2.03 bits per heavy atom. The second-order valence-corrected chi connectivity index (χ2v) is 9.43. The molecular formula is C24H26ClFN4OS. The molecule has 2 heterocycles. The highest BCUT2D eigenvalue weighted by Gasteiger charge is 2.26. The second-order valence-electron chi connectivity index (χ2n) is 8.09. The van der Waals surface area contributed by atoms with Crippen LogP contribution in [0.4, 0.5) is 10.2 Å². The number of piperazine rings is 1. The van der Waals surface area contributed by atoms with E-state index in [-0.39, 0.29) is 11.7 Å². The van der Waals surface area contributed by atoms with Crippen molar-refractivity contribution in [2.75, 3.05) is 24.5 Å². The van der Waals surface area contributed by atoms with E-state index in [2.05, 4.69) is 27.0 Å². The predicted octanol–water partition coefficient (Wildman–Crippen LogP) is 4.88. The van der Waals surface area contributed by atoms with Gasteiger partial charge in [-0.05, 0) is 49.2 Å². The van der Waals surface area contributed by atoms with Crippen LogP contribution in [0.1, 0.15) is 33.3 Å². The lowest BCUT2D eigenvalue weighted by Crippen LogP contribution is -2.51. The minimum Gasteiger partial charge on any atom is -0.353 e. The van der Waals surface area contributed by atoms with E-state index < -0.39 is 0 Å². The zero-order valence-electron chi connectivity index (χ0n) is 18.1. The van der Waals surface area contributed by atoms with Crippen molar-refractivity contribution in [2.45, 2.75) is 33.0 Å². The number of carbonyl (C=O) groups is 1. The van der Waals surface area contributed by atoms with Crippen molar-refractivity contribution in [3.8, 4) is 0 Å². The summed E-state index contributed by atoms with van der Waals surface area (Å²) in [6, 6.07) is 12.4. The largest absolute Gasteiger partial charge is 0.353 e. The fraction of sp³-hybridized carbons (Fsp3) is 0.333. The Balaban J connectivity index is 1.37. The van der Waals surface area contributed by atoms with Crippen molar-refractivity contribution in [3.05, 3.63) is 80.4 Å². The highest BCUT2D eigenvalue weighted by Crippen LogP contribution is 2.26. The van der Waals surface area contributed by atoms with E-state index in [9.17, 15) is 9.18 Å². The maximum atomic E-state index is 13.2. The van der Waals surface area contributed by atoms with Crippen LogP contribution in [0.2, 0.25) is 5.02 Å². The van der Waals surface area contributed by atoms with Gasteiger partial charge in [0.2, 0.25) is 0 Å². The first-order chi connectivity index (χ1) is 15.4. The highest BCUT2D eigenvalue weighted by molar-refractivity contribution is 7.10. The Morgan fingerprint density at radius 3 is 2.78 bits per heavy atom. The smallest absolute Gasteiger partial charge is 0.251 e. The molecule has 1 saturated heterocycles. The number of anilines is 1. The average Bonchev–Trinajstić information content (AvgIpc) is 3.25. The Bertz CT molecular complexity index is 1090. The fourth-order valence-electron chi connectivity index (χ4n) is 4.00. The minimum atomic E-state index is -0.208. The van der Waals surface area contributed by atoms with Crippen molar-refractivity contribution in [1.82, 2.24) is 15.2 Å². The molecule has 0 radical (unpaired) electrons. The molecule has 5 nitrogen and oxygen atoms in total. The number of carbonyl (C=O) groups excluding carboxylic acids is 1. The molecule has 4 rings (SSSR count). The number of benzene rings is 2. The van der Waals surface area contributed by atoms with Gasteiger partial charge in [-0.15, -0.1) is 11.3 Å². The highest BCUT2D eigenvalue weighted by atomic mass is 35.5. The van der Waals surface area contributed by atoms with Gasteiger partial charge in [-0.1, -0.05) is 29.8 Å². The van der Waals surface area contributed by atoms with Crippen LogP contribution in [-0.4, -0.2) is 41.5 Å². The standard InChI is InChI=1S/C24H26ClFN4OS/c1-16-13-30(11-10-29(16)14-18-6-8-19(26)9-7-18)23-22(32-15-28-23)12-27-24(31)20-4-3-5-21(25)17(20)2/h3-9,15-16H,10-14H2,1-2H3,(H,27,31). The predicted molar refractivity (Wildman–Crippen MR) is 128 cm³/mol. The minimum absolute atomic E-state index is 0.137. The molecule has 1 unspecified atom stereocenters. The zero-order valence-corrected chi connectivity index (χ0v) is 19.7. The number of nitrogens with zero attached hydrogens (tertiary/aromatic N) is 3. The average molecular weight is 473 g/mol. The van der Waals surface area contributed by atoms with Gasteiger partial charge < -0.3 is 10.2 Å². The van der Waals surface area contributed by atoms with Crippen LogP contribution in [0, 0.1) is 12.7 Å². The van der Waals surface area contributed by atoms with Gasteiger partial charge in [-0.3, -0.25) is 9.69 Å². The summed E-state index contributed by atoms with van der Waals surface area (Å²) >= 11 is 7.70. The van der Waals surface area contributed by atoms with Gasteiger partial charge in [0.15, 0.2) is 0 Å². The summed E-state index contributed by atoms with van der Waals surface area (Å²) in [5.74, 6) is 0.591. The third-order valence-corrected chi connectivity index (χ3v) is 7.14. The van der Waals surface area contributed by atoms with Crippen LogP contribution in [-0.2, 0) is 13.1 Å². The number of halogens is 2. The summed E-state index contributed by atoms with van der Waals surface area (Å²) in [5, 5.41) is 3.60. The summed E-state index contributed by atoms with van der Waals surface area (Å²) in [7, 11) is 0. The van der Waals surface area contributed by atoms with E-state index >= 15 is 0 Å². The monoisotopic (exact) mass is 472 g/mol. The van der Waals surface area contributed by atoms with Crippen LogP contribution in [0.5, 0.6) is 0 Å². The first kappa shape index (κ1) is 22.7. The lowest BCUT2D eigenvalue weighted by atomic mass is 10.1. The molecule has 168 valence electrons. The maximum absolute atomic E-state index is 13.2. The molecule has 0 bridgehead atoms. The molecule has 8 heteroatoms. The molecule has 0 spiro atoms. The summed E-state index contributed by atoms with van der Waals surface area (Å²) < 4.78 is 13.2. The van der Waals surface area contributed by atoms with E-state index in [1.807, 2.05) is 24.6 Å². The molecule has 3 aromatic rings. The third-order valence-electron chi connectivity index (χ3n) is 5.90. The van der Waals surface area contributed by atoms with Crippen molar-refractivity contribution in [2.24, 2.45) is 0 Å². The van der Waals surface area contributed by atoms with Gasteiger partial charge in [0.25, 0.3) is 5.91 Å². The van der Waals surface area contributed by atoms with E-state index in [1.54, 1.807) is 29.5 Å². The fourth-order valence-corrected chi connectivity index (χ4v) is 4.90. The Hall–Kier alpha value is -2.48. The van der Waals surface area contributed by atoms with Crippen LogP contribution in [0.3, 0.4) is 0 Å². The number of rotatable bonds is 6. The van der Waals surface area contributed by atoms with Crippen molar-refractivity contribution < 1.29 is 9.18 Å². The molecular weight excluding hydrogens is 447 g/mol. The SMILES string of the molecule is Cc1c(Cl)cccc1C(=O)NCc1scnc1N1CCN(Cc2ccc(F)cc2)C(C)C1. The molecule has 1 aliphatic heterocycles. The molecule has 1 aliphatic rings. The molecule has 0 saturated carbocycles. The Labute approximate surface area is 196 Å². The van der Waals surface area contributed by atoms with Crippen molar-refractivity contribution >= 4 is 34.7 Å². The maximum Gasteiger partial charge on any atom is 0.251 e. The molecule has 1 fully saturated rings. The van der Waals surface area contributed by atoms with E-state index in [0.717, 1.165) is 48.0 Å². The van der Waals surface area contributed by atoms with E-state index in [1.165, 1.54) is 12.1 Å². The van der Waals surface area contributed by atoms with Gasteiger partial charge in [0.1, 0.15) is 11.6 Å².